The number of likely N-dealkylation sites (tertiary alicyclic amines) is 1. The maximum atomic E-state index is 13.6. The average Bonchev–Trinajstić information content (AvgIpc) is 2.46. The zero-order valence-corrected chi connectivity index (χ0v) is 11.8. The summed E-state index contributed by atoms with van der Waals surface area (Å²) < 4.78 is 13.6. The summed E-state index contributed by atoms with van der Waals surface area (Å²) in [5.41, 5.74) is 0.208. The summed E-state index contributed by atoms with van der Waals surface area (Å²) in [5.74, 6) is -0.679. The Bertz CT molecular complexity index is 498. The molecule has 1 fully saturated rings. The van der Waals surface area contributed by atoms with Crippen molar-refractivity contribution < 1.29 is 14.3 Å². The third-order valence-corrected chi connectivity index (χ3v) is 3.84. The molecule has 1 N–H and O–H groups in total. The fourth-order valence-corrected chi connectivity index (χ4v) is 2.63. The van der Waals surface area contributed by atoms with Crippen molar-refractivity contribution >= 4 is 23.6 Å². The number of hydrogen-bond donors (Lipinski definition) is 1. The largest absolute Gasteiger partial charge is 0.394 e. The fourth-order valence-electron chi connectivity index (χ4n) is 2.40. The van der Waals surface area contributed by atoms with E-state index >= 15 is 0 Å². The van der Waals surface area contributed by atoms with Crippen molar-refractivity contribution in [1.29, 1.82) is 0 Å². The monoisotopic (exact) mass is 297 g/mol. The van der Waals surface area contributed by atoms with Gasteiger partial charge in [0.1, 0.15) is 5.82 Å². The van der Waals surface area contributed by atoms with Crippen molar-refractivity contribution in [1.82, 2.24) is 4.90 Å². The van der Waals surface area contributed by atoms with Gasteiger partial charge in [-0.25, -0.2) is 4.39 Å². The third-order valence-electron chi connectivity index (χ3n) is 3.51. The van der Waals surface area contributed by atoms with Gasteiger partial charge in [-0.2, -0.15) is 0 Å². The van der Waals surface area contributed by atoms with E-state index in [9.17, 15) is 14.3 Å². The number of hydrogen-bond acceptors (Lipinski definition) is 2. The van der Waals surface area contributed by atoms with Crippen molar-refractivity contribution in [2.45, 2.75) is 25.3 Å². The van der Waals surface area contributed by atoms with Gasteiger partial charge in [-0.15, -0.1) is 0 Å². The van der Waals surface area contributed by atoms with Gasteiger partial charge in [0.15, 0.2) is 0 Å². The highest BCUT2D eigenvalue weighted by atomic mass is 35.5. The van der Waals surface area contributed by atoms with Crippen LogP contribution in [0.15, 0.2) is 24.3 Å². The molecule has 108 valence electrons. The Morgan fingerprint density at radius 1 is 1.50 bits per heavy atom. The van der Waals surface area contributed by atoms with Gasteiger partial charge < -0.3 is 10.0 Å². The van der Waals surface area contributed by atoms with Crippen LogP contribution >= 0.6 is 11.6 Å². The van der Waals surface area contributed by atoms with Crippen LogP contribution in [0, 0.1) is 5.82 Å². The van der Waals surface area contributed by atoms with E-state index in [-0.39, 0.29) is 29.1 Å². The molecule has 1 unspecified atom stereocenters. The number of aliphatic hydroxyl groups is 1. The van der Waals surface area contributed by atoms with Crippen LogP contribution in [-0.4, -0.2) is 35.1 Å². The number of aliphatic hydroxyl groups excluding tert-OH is 1. The standard InChI is InChI=1S/C15H17ClFNO2/c16-13-5-3-6-14(17)12(13)7-8-15(20)18-9-2-1-4-11(18)10-19/h3,5-8,11,19H,1-2,4,9-10H2/b8-7+. The van der Waals surface area contributed by atoms with Crippen LogP contribution in [-0.2, 0) is 4.79 Å². The lowest BCUT2D eigenvalue weighted by Crippen LogP contribution is -2.44. The van der Waals surface area contributed by atoms with E-state index in [2.05, 4.69) is 0 Å². The number of benzene rings is 1. The molecule has 0 aliphatic carbocycles. The molecule has 1 aromatic carbocycles. The quantitative estimate of drug-likeness (QED) is 0.872. The second-order valence-electron chi connectivity index (χ2n) is 4.83. The zero-order valence-electron chi connectivity index (χ0n) is 11.1. The summed E-state index contributed by atoms with van der Waals surface area (Å²) in [7, 11) is 0. The lowest BCUT2D eigenvalue weighted by molar-refractivity contribution is -0.130. The second kappa shape index (κ2) is 6.86. The normalized spacial score (nSPS) is 19.6. The van der Waals surface area contributed by atoms with Crippen molar-refractivity contribution in [3.05, 3.63) is 40.7 Å². The number of carbonyl (C=O) groups is 1. The van der Waals surface area contributed by atoms with Crippen LogP contribution in [0.3, 0.4) is 0 Å². The van der Waals surface area contributed by atoms with E-state index in [1.807, 2.05) is 0 Å². The molecule has 1 aliphatic rings. The van der Waals surface area contributed by atoms with E-state index in [4.69, 9.17) is 11.6 Å². The van der Waals surface area contributed by atoms with E-state index in [0.717, 1.165) is 19.3 Å². The first-order valence-electron chi connectivity index (χ1n) is 6.67. The molecule has 0 radical (unpaired) electrons. The first-order chi connectivity index (χ1) is 9.63. The Labute approximate surface area is 122 Å². The Hall–Kier alpha value is -1.39. The molecule has 1 heterocycles. The Morgan fingerprint density at radius 2 is 2.30 bits per heavy atom. The van der Waals surface area contributed by atoms with Gasteiger partial charge in [-0.1, -0.05) is 17.7 Å². The molecule has 0 bridgehead atoms. The molecule has 1 atom stereocenters. The van der Waals surface area contributed by atoms with Crippen LogP contribution < -0.4 is 0 Å². The predicted octanol–water partition coefficient (Wildman–Crippen LogP) is 2.87. The Morgan fingerprint density at radius 3 is 3.00 bits per heavy atom. The summed E-state index contributed by atoms with van der Waals surface area (Å²) in [4.78, 5) is 13.8. The fraction of sp³-hybridized carbons (Fsp3) is 0.400. The maximum Gasteiger partial charge on any atom is 0.246 e. The molecule has 0 spiro atoms. The first kappa shape index (κ1) is 15.0. The van der Waals surface area contributed by atoms with Gasteiger partial charge in [0.25, 0.3) is 0 Å². The third kappa shape index (κ3) is 3.38. The second-order valence-corrected chi connectivity index (χ2v) is 5.24. The van der Waals surface area contributed by atoms with E-state index in [0.29, 0.717) is 6.54 Å². The number of carbonyl (C=O) groups excluding carboxylic acids is 1. The molecule has 1 aromatic rings. The minimum atomic E-state index is -0.459. The average molecular weight is 298 g/mol. The van der Waals surface area contributed by atoms with Gasteiger partial charge in [0.2, 0.25) is 5.91 Å². The molecule has 1 aliphatic heterocycles. The smallest absolute Gasteiger partial charge is 0.246 e. The Balaban J connectivity index is 2.12. The summed E-state index contributed by atoms with van der Waals surface area (Å²) in [6.07, 6.45) is 5.45. The summed E-state index contributed by atoms with van der Waals surface area (Å²) in [6, 6.07) is 4.25. The van der Waals surface area contributed by atoms with Crippen molar-refractivity contribution in [2.75, 3.05) is 13.2 Å². The van der Waals surface area contributed by atoms with Crippen LogP contribution in [0.5, 0.6) is 0 Å². The van der Waals surface area contributed by atoms with Crippen LogP contribution in [0.4, 0.5) is 4.39 Å². The first-order valence-corrected chi connectivity index (χ1v) is 7.05. The van der Waals surface area contributed by atoms with Gasteiger partial charge in [0.05, 0.1) is 17.7 Å². The Kier molecular flexibility index (Phi) is 5.15. The lowest BCUT2D eigenvalue weighted by Gasteiger charge is -2.33. The summed E-state index contributed by atoms with van der Waals surface area (Å²) >= 11 is 5.90. The number of halogens is 2. The molecule has 20 heavy (non-hydrogen) atoms. The molecule has 3 nitrogen and oxygen atoms in total. The number of rotatable bonds is 3. The van der Waals surface area contributed by atoms with Crippen LogP contribution in [0.1, 0.15) is 24.8 Å². The highest BCUT2D eigenvalue weighted by Gasteiger charge is 2.24. The molecular weight excluding hydrogens is 281 g/mol. The highest BCUT2D eigenvalue weighted by molar-refractivity contribution is 6.32. The van der Waals surface area contributed by atoms with Crippen molar-refractivity contribution in [2.24, 2.45) is 0 Å². The SMILES string of the molecule is O=C(/C=C/c1c(F)cccc1Cl)N1CCCCC1CO. The molecular formula is C15H17ClFNO2. The van der Waals surface area contributed by atoms with Crippen molar-refractivity contribution in [3.8, 4) is 0 Å². The molecule has 1 saturated heterocycles. The van der Waals surface area contributed by atoms with Crippen LogP contribution in [0.2, 0.25) is 5.02 Å². The molecule has 5 heteroatoms. The van der Waals surface area contributed by atoms with E-state index < -0.39 is 5.82 Å². The van der Waals surface area contributed by atoms with Gasteiger partial charge in [-0.05, 0) is 37.5 Å². The molecule has 0 aromatic heterocycles. The maximum absolute atomic E-state index is 13.6. The number of amides is 1. The van der Waals surface area contributed by atoms with Gasteiger partial charge >= 0.3 is 0 Å². The molecule has 2 rings (SSSR count). The van der Waals surface area contributed by atoms with E-state index in [1.165, 1.54) is 24.3 Å². The van der Waals surface area contributed by atoms with E-state index in [1.54, 1.807) is 11.0 Å². The van der Waals surface area contributed by atoms with Gasteiger partial charge in [-0.3, -0.25) is 4.79 Å². The lowest BCUT2D eigenvalue weighted by atomic mass is 10.0. The number of nitrogens with zero attached hydrogens (tertiary/aromatic N) is 1. The topological polar surface area (TPSA) is 40.5 Å². The zero-order chi connectivity index (χ0) is 14.5. The molecule has 0 saturated carbocycles. The summed E-state index contributed by atoms with van der Waals surface area (Å²) in [6.45, 7) is 0.583. The summed E-state index contributed by atoms with van der Waals surface area (Å²) in [5, 5.41) is 9.55. The van der Waals surface area contributed by atoms with Crippen molar-refractivity contribution in [3.63, 3.8) is 0 Å². The van der Waals surface area contributed by atoms with Gasteiger partial charge in [0, 0.05) is 18.2 Å². The number of piperidine rings is 1. The minimum absolute atomic E-state index is 0.0416. The molecule has 1 amide bonds. The predicted molar refractivity (Wildman–Crippen MR) is 76.9 cm³/mol. The minimum Gasteiger partial charge on any atom is -0.394 e. The highest BCUT2D eigenvalue weighted by Crippen LogP contribution is 2.21. The van der Waals surface area contributed by atoms with Crippen LogP contribution in [0.25, 0.3) is 6.08 Å².